The molecule has 6 heteroatoms. The summed E-state index contributed by atoms with van der Waals surface area (Å²) in [7, 11) is 1.18. The molecule has 0 bridgehead atoms. The molecule has 0 spiro atoms. The molecule has 0 fully saturated rings. The number of esters is 1. The molecule has 0 aromatic heterocycles. The Kier molecular flexibility index (Phi) is 4.51. The summed E-state index contributed by atoms with van der Waals surface area (Å²) in [6, 6.07) is 0. The fraction of sp³-hybridized carbons (Fsp3) is 0.600. The van der Waals surface area contributed by atoms with E-state index in [1.165, 1.54) is 7.11 Å². The van der Waals surface area contributed by atoms with Gasteiger partial charge in [0.2, 0.25) is 0 Å². The molecule has 0 aliphatic carbocycles. The van der Waals surface area contributed by atoms with Gasteiger partial charge < -0.3 is 4.74 Å². The Morgan fingerprint density at radius 3 is 2.73 bits per heavy atom. The average molecular weight is 157 g/mol. The van der Waals surface area contributed by atoms with Crippen molar-refractivity contribution in [3.8, 4) is 0 Å². The van der Waals surface area contributed by atoms with Crippen LogP contribution in [0.4, 0.5) is 0 Å². The van der Waals surface area contributed by atoms with Crippen LogP contribution in [0.1, 0.15) is 6.42 Å². The van der Waals surface area contributed by atoms with Gasteiger partial charge in [-0.1, -0.05) is 5.11 Å². The van der Waals surface area contributed by atoms with E-state index in [0.717, 1.165) is 0 Å². The number of Topliss-reactive ketones (excluding diaryl/α,β-unsaturated/α-hetero) is 1. The third-order valence-electron chi connectivity index (χ3n) is 0.879. The molecule has 0 unspecified atom stereocenters. The van der Waals surface area contributed by atoms with Crippen molar-refractivity contribution in [2.24, 2.45) is 5.11 Å². The molecule has 0 radical (unpaired) electrons. The lowest BCUT2D eigenvalue weighted by atomic mass is 10.3. The molecule has 0 aromatic carbocycles. The molecule has 0 atom stereocenters. The highest BCUT2D eigenvalue weighted by atomic mass is 16.5. The lowest BCUT2D eigenvalue weighted by Crippen LogP contribution is -2.11. The van der Waals surface area contributed by atoms with Crippen molar-refractivity contribution in [2.75, 3.05) is 13.7 Å². The lowest BCUT2D eigenvalue weighted by Gasteiger charge is -1.93. The van der Waals surface area contributed by atoms with E-state index in [9.17, 15) is 9.59 Å². The van der Waals surface area contributed by atoms with E-state index < -0.39 is 11.8 Å². The van der Waals surface area contributed by atoms with Crippen molar-refractivity contribution in [2.45, 2.75) is 6.42 Å². The number of hydrogen-bond donors (Lipinski definition) is 0. The van der Waals surface area contributed by atoms with Crippen LogP contribution < -0.4 is 0 Å². The molecule has 0 N–H and O–H groups in total. The number of azide groups is 1. The average Bonchev–Trinajstić information content (AvgIpc) is 2.00. The predicted octanol–water partition coefficient (Wildman–Crippen LogP) is 0.429. The van der Waals surface area contributed by atoms with Crippen LogP contribution in [0, 0.1) is 0 Å². The quantitative estimate of drug-likeness (QED) is 0.195. The molecule has 60 valence electrons. The van der Waals surface area contributed by atoms with Gasteiger partial charge in [-0.05, 0) is 5.53 Å². The molecular weight excluding hydrogens is 150 g/mol. The highest BCUT2D eigenvalue weighted by Crippen LogP contribution is 1.87. The fourth-order valence-corrected chi connectivity index (χ4v) is 0.400. The van der Waals surface area contributed by atoms with Gasteiger partial charge in [-0.25, -0.2) is 0 Å². The third-order valence-corrected chi connectivity index (χ3v) is 0.879. The van der Waals surface area contributed by atoms with Crippen molar-refractivity contribution in [3.05, 3.63) is 10.4 Å². The first kappa shape index (κ1) is 9.45. The molecule has 0 aromatic rings. The summed E-state index contributed by atoms with van der Waals surface area (Å²) in [6.07, 6.45) is -0.338. The van der Waals surface area contributed by atoms with E-state index in [4.69, 9.17) is 5.53 Å². The van der Waals surface area contributed by atoms with Crippen LogP contribution in [0.2, 0.25) is 0 Å². The molecule has 0 aliphatic rings. The van der Waals surface area contributed by atoms with Crippen molar-refractivity contribution in [1.29, 1.82) is 0 Å². The summed E-state index contributed by atoms with van der Waals surface area (Å²) < 4.78 is 4.21. The van der Waals surface area contributed by atoms with Gasteiger partial charge in [0.15, 0.2) is 0 Å². The third kappa shape index (κ3) is 4.92. The van der Waals surface area contributed by atoms with Crippen LogP contribution >= 0.6 is 0 Å². The van der Waals surface area contributed by atoms with Gasteiger partial charge in [-0.2, -0.15) is 0 Å². The van der Waals surface area contributed by atoms with Gasteiger partial charge in [0, 0.05) is 4.91 Å². The van der Waals surface area contributed by atoms with E-state index in [0.29, 0.717) is 0 Å². The number of ketones is 1. The number of rotatable bonds is 4. The topological polar surface area (TPSA) is 92.1 Å². The van der Waals surface area contributed by atoms with Crippen molar-refractivity contribution in [1.82, 2.24) is 0 Å². The maximum Gasteiger partial charge on any atom is 0.313 e. The predicted molar refractivity (Wildman–Crippen MR) is 35.7 cm³/mol. The zero-order valence-electron chi connectivity index (χ0n) is 5.98. The van der Waals surface area contributed by atoms with Crippen molar-refractivity contribution >= 4 is 11.8 Å². The minimum Gasteiger partial charge on any atom is -0.469 e. The first-order valence-electron chi connectivity index (χ1n) is 2.80. The first-order chi connectivity index (χ1) is 5.20. The zero-order valence-corrected chi connectivity index (χ0v) is 5.98. The molecule has 0 amide bonds. The number of hydrogen-bond acceptors (Lipinski definition) is 4. The minimum atomic E-state index is -0.622. The Hall–Kier alpha value is -1.55. The van der Waals surface area contributed by atoms with Gasteiger partial charge in [-0.3, -0.25) is 9.59 Å². The van der Waals surface area contributed by atoms with Crippen LogP contribution in [0.3, 0.4) is 0 Å². The van der Waals surface area contributed by atoms with Gasteiger partial charge in [0.05, 0.1) is 13.7 Å². The van der Waals surface area contributed by atoms with Crippen molar-refractivity contribution in [3.63, 3.8) is 0 Å². The smallest absolute Gasteiger partial charge is 0.313 e. The highest BCUT2D eigenvalue weighted by molar-refractivity contribution is 5.96. The molecule has 0 saturated heterocycles. The Bertz CT molecular complexity index is 207. The largest absolute Gasteiger partial charge is 0.469 e. The summed E-state index contributed by atoms with van der Waals surface area (Å²) >= 11 is 0. The number of carbonyl (C=O) groups excluding carboxylic acids is 2. The first-order valence-corrected chi connectivity index (χ1v) is 2.80. The summed E-state index contributed by atoms with van der Waals surface area (Å²) in [5.41, 5.74) is 7.80. The van der Waals surface area contributed by atoms with Gasteiger partial charge in [0.25, 0.3) is 0 Å². The Labute approximate surface area is 62.8 Å². The number of nitrogens with zero attached hydrogens (tertiary/aromatic N) is 3. The standard InChI is InChI=1S/C5H7N3O3/c1-11-5(10)2-4(9)3-7-8-6/h2-3H2,1H3. The number of carbonyl (C=O) groups is 2. The summed E-state index contributed by atoms with van der Waals surface area (Å²) in [6.45, 7) is -0.300. The molecule has 0 aliphatic heterocycles. The van der Waals surface area contributed by atoms with E-state index >= 15 is 0 Å². The van der Waals surface area contributed by atoms with Crippen LogP contribution in [0.15, 0.2) is 5.11 Å². The van der Waals surface area contributed by atoms with E-state index in [2.05, 4.69) is 14.8 Å². The summed E-state index contributed by atoms with van der Waals surface area (Å²) in [5, 5.41) is 2.98. The fourth-order valence-electron chi connectivity index (χ4n) is 0.400. The second kappa shape index (κ2) is 5.25. The Morgan fingerprint density at radius 2 is 2.27 bits per heavy atom. The maximum atomic E-state index is 10.6. The molecule has 0 saturated carbocycles. The zero-order chi connectivity index (χ0) is 8.69. The molecule has 0 rings (SSSR count). The normalized spacial score (nSPS) is 8.09. The maximum absolute atomic E-state index is 10.6. The van der Waals surface area contributed by atoms with Crippen molar-refractivity contribution < 1.29 is 14.3 Å². The number of methoxy groups -OCH3 is 1. The molecule has 11 heavy (non-hydrogen) atoms. The molecule has 6 nitrogen and oxygen atoms in total. The minimum absolute atomic E-state index is 0.300. The summed E-state index contributed by atoms with van der Waals surface area (Å²) in [4.78, 5) is 23.4. The Balaban J connectivity index is 3.69. The lowest BCUT2D eigenvalue weighted by molar-refractivity contribution is -0.143. The van der Waals surface area contributed by atoms with Crippen LogP contribution in [-0.4, -0.2) is 25.4 Å². The summed E-state index contributed by atoms with van der Waals surface area (Å²) in [5.74, 6) is -1.07. The Morgan fingerprint density at radius 1 is 1.64 bits per heavy atom. The second-order valence-corrected chi connectivity index (χ2v) is 1.68. The van der Waals surface area contributed by atoms with Gasteiger partial charge in [0.1, 0.15) is 12.2 Å². The number of ether oxygens (including phenoxy) is 1. The molecular formula is C5H7N3O3. The van der Waals surface area contributed by atoms with Gasteiger partial charge >= 0.3 is 5.97 Å². The molecule has 0 heterocycles. The van der Waals surface area contributed by atoms with E-state index in [-0.39, 0.29) is 13.0 Å². The van der Waals surface area contributed by atoms with Crippen LogP contribution in [0.25, 0.3) is 10.4 Å². The highest BCUT2D eigenvalue weighted by Gasteiger charge is 2.07. The van der Waals surface area contributed by atoms with E-state index in [1.54, 1.807) is 0 Å². The second-order valence-electron chi connectivity index (χ2n) is 1.68. The monoisotopic (exact) mass is 157 g/mol. The van der Waals surface area contributed by atoms with E-state index in [1.807, 2.05) is 0 Å². The SMILES string of the molecule is COC(=O)CC(=O)CN=[N+]=[N-]. The van der Waals surface area contributed by atoms with Gasteiger partial charge in [-0.15, -0.1) is 0 Å². The van der Waals surface area contributed by atoms with Crippen LogP contribution in [0.5, 0.6) is 0 Å². The van der Waals surface area contributed by atoms with Crippen LogP contribution in [-0.2, 0) is 14.3 Å².